The van der Waals surface area contributed by atoms with Crippen molar-refractivity contribution in [2.24, 2.45) is 0 Å². The number of amides is 1. The number of hydrogen-bond acceptors (Lipinski definition) is 6. The van der Waals surface area contributed by atoms with Gasteiger partial charge in [-0.1, -0.05) is 47.4 Å². The summed E-state index contributed by atoms with van der Waals surface area (Å²) in [6.07, 6.45) is 0. The third kappa shape index (κ3) is 3.42. The lowest BCUT2D eigenvalue weighted by Gasteiger charge is -2.10. The number of aryl methyl sites for hydroxylation is 1. The smallest absolute Gasteiger partial charge is 0.239 e. The molecule has 2 aromatic heterocycles. The molecule has 1 aromatic carbocycles. The third-order valence-corrected chi connectivity index (χ3v) is 4.79. The van der Waals surface area contributed by atoms with E-state index in [1.54, 1.807) is 0 Å². The summed E-state index contributed by atoms with van der Waals surface area (Å²) < 4.78 is 0. The van der Waals surface area contributed by atoms with E-state index in [1.165, 1.54) is 23.1 Å². The number of rotatable bonds is 4. The highest BCUT2D eigenvalue weighted by Gasteiger charge is 2.17. The van der Waals surface area contributed by atoms with Crippen molar-refractivity contribution in [2.75, 3.05) is 5.32 Å². The van der Waals surface area contributed by atoms with Crippen molar-refractivity contribution in [3.05, 3.63) is 41.4 Å². The predicted octanol–water partition coefficient (Wildman–Crippen LogP) is 3.51. The SMILES string of the molecule is Cc1nnc(NC(=O)[C@H](C)Sc2ccc3ccccc3n2)s1. The predicted molar refractivity (Wildman–Crippen MR) is 90.3 cm³/mol. The molecule has 1 amide bonds. The number of thioether (sulfide) groups is 1. The normalized spacial score (nSPS) is 12.3. The molecule has 0 fully saturated rings. The molecule has 7 heteroatoms. The van der Waals surface area contributed by atoms with Gasteiger partial charge in [0.25, 0.3) is 0 Å². The molecule has 0 aliphatic heterocycles. The van der Waals surface area contributed by atoms with Crippen LogP contribution in [0.4, 0.5) is 5.13 Å². The number of pyridine rings is 1. The fraction of sp³-hybridized carbons (Fsp3) is 0.200. The molecule has 3 aromatic rings. The van der Waals surface area contributed by atoms with Gasteiger partial charge in [0.1, 0.15) is 5.01 Å². The quantitative estimate of drug-likeness (QED) is 0.741. The minimum Gasteiger partial charge on any atom is -0.300 e. The Labute approximate surface area is 136 Å². The topological polar surface area (TPSA) is 67.8 Å². The zero-order valence-corrected chi connectivity index (χ0v) is 13.7. The number of aromatic nitrogens is 3. The van der Waals surface area contributed by atoms with Crippen molar-refractivity contribution in [3.63, 3.8) is 0 Å². The maximum absolute atomic E-state index is 12.2. The number of fused-ring (bicyclic) bond motifs is 1. The number of para-hydroxylation sites is 1. The summed E-state index contributed by atoms with van der Waals surface area (Å²) in [7, 11) is 0. The molecule has 1 atom stereocenters. The highest BCUT2D eigenvalue weighted by molar-refractivity contribution is 8.00. The van der Waals surface area contributed by atoms with Crippen LogP contribution in [-0.2, 0) is 4.79 Å². The van der Waals surface area contributed by atoms with Crippen LogP contribution in [0.15, 0.2) is 41.4 Å². The van der Waals surface area contributed by atoms with Gasteiger partial charge in [0.05, 0.1) is 15.8 Å². The van der Waals surface area contributed by atoms with Crippen molar-refractivity contribution in [1.82, 2.24) is 15.2 Å². The standard InChI is InChI=1S/C15H14N4OS2/c1-9(14(20)17-15-19-18-10(2)22-15)21-13-8-7-11-5-3-4-6-12(11)16-13/h3-9H,1-2H3,(H,17,19,20)/t9-/m0/s1. The zero-order chi connectivity index (χ0) is 15.5. The Morgan fingerprint density at radius 2 is 2.05 bits per heavy atom. The maximum atomic E-state index is 12.2. The van der Waals surface area contributed by atoms with Gasteiger partial charge < -0.3 is 0 Å². The van der Waals surface area contributed by atoms with E-state index >= 15 is 0 Å². The van der Waals surface area contributed by atoms with Gasteiger partial charge in [-0.15, -0.1) is 10.2 Å². The van der Waals surface area contributed by atoms with Crippen molar-refractivity contribution < 1.29 is 4.79 Å². The Hall–Kier alpha value is -1.99. The summed E-state index contributed by atoms with van der Waals surface area (Å²) in [6.45, 7) is 3.70. The number of nitrogens with zero attached hydrogens (tertiary/aromatic N) is 3. The number of nitrogens with one attached hydrogen (secondary N) is 1. The lowest BCUT2D eigenvalue weighted by Crippen LogP contribution is -2.22. The van der Waals surface area contributed by atoms with Crippen LogP contribution in [0, 0.1) is 6.92 Å². The van der Waals surface area contributed by atoms with Gasteiger partial charge in [0.15, 0.2) is 0 Å². The van der Waals surface area contributed by atoms with Crippen LogP contribution in [0.3, 0.4) is 0 Å². The summed E-state index contributed by atoms with van der Waals surface area (Å²) in [5.74, 6) is -0.101. The molecule has 0 aliphatic rings. The zero-order valence-electron chi connectivity index (χ0n) is 12.1. The van der Waals surface area contributed by atoms with Crippen molar-refractivity contribution in [1.29, 1.82) is 0 Å². The Morgan fingerprint density at radius 3 is 2.82 bits per heavy atom. The highest BCUT2D eigenvalue weighted by Crippen LogP contribution is 2.25. The van der Waals surface area contributed by atoms with Gasteiger partial charge in [0, 0.05) is 5.39 Å². The summed E-state index contributed by atoms with van der Waals surface area (Å²) >= 11 is 2.79. The largest absolute Gasteiger partial charge is 0.300 e. The monoisotopic (exact) mass is 330 g/mol. The Balaban J connectivity index is 1.69. The fourth-order valence-corrected chi connectivity index (χ4v) is 3.32. The summed E-state index contributed by atoms with van der Waals surface area (Å²) in [6, 6.07) is 11.9. The average Bonchev–Trinajstić information content (AvgIpc) is 2.92. The molecule has 0 spiro atoms. The first-order valence-corrected chi connectivity index (χ1v) is 8.45. The molecule has 3 rings (SSSR count). The van der Waals surface area contributed by atoms with Crippen molar-refractivity contribution in [2.45, 2.75) is 24.1 Å². The molecule has 0 aliphatic carbocycles. The molecule has 22 heavy (non-hydrogen) atoms. The molecular formula is C15H14N4OS2. The van der Waals surface area contributed by atoms with Crippen LogP contribution in [0.25, 0.3) is 10.9 Å². The van der Waals surface area contributed by atoms with E-state index in [0.717, 1.165) is 20.9 Å². The number of benzene rings is 1. The first-order chi connectivity index (χ1) is 10.6. The van der Waals surface area contributed by atoms with Gasteiger partial charge in [-0.2, -0.15) is 0 Å². The second-order valence-electron chi connectivity index (χ2n) is 4.72. The summed E-state index contributed by atoms with van der Waals surface area (Å²) in [4.78, 5) is 16.7. The van der Waals surface area contributed by atoms with E-state index in [0.29, 0.717) is 5.13 Å². The van der Waals surface area contributed by atoms with E-state index in [-0.39, 0.29) is 11.2 Å². The number of carbonyl (C=O) groups is 1. The fourth-order valence-electron chi connectivity index (χ4n) is 1.90. The van der Waals surface area contributed by atoms with Gasteiger partial charge in [-0.3, -0.25) is 10.1 Å². The summed E-state index contributed by atoms with van der Waals surface area (Å²) in [5, 5.41) is 13.6. The second-order valence-corrected chi connectivity index (χ2v) is 7.26. The summed E-state index contributed by atoms with van der Waals surface area (Å²) in [5.41, 5.74) is 0.930. The molecular weight excluding hydrogens is 316 g/mol. The van der Waals surface area contributed by atoms with Gasteiger partial charge >= 0.3 is 0 Å². The lowest BCUT2D eigenvalue weighted by atomic mass is 10.2. The van der Waals surface area contributed by atoms with Crippen LogP contribution in [0.2, 0.25) is 0 Å². The molecule has 0 unspecified atom stereocenters. The third-order valence-electron chi connectivity index (χ3n) is 3.00. The van der Waals surface area contributed by atoms with E-state index in [9.17, 15) is 4.79 Å². The Kier molecular flexibility index (Phi) is 4.35. The van der Waals surface area contributed by atoms with E-state index in [1.807, 2.05) is 50.2 Å². The Bertz CT molecular complexity index is 818. The van der Waals surface area contributed by atoms with E-state index in [2.05, 4.69) is 20.5 Å². The molecule has 0 bridgehead atoms. The van der Waals surface area contributed by atoms with Gasteiger partial charge in [0.2, 0.25) is 11.0 Å². The molecule has 5 nitrogen and oxygen atoms in total. The van der Waals surface area contributed by atoms with Crippen molar-refractivity contribution >= 4 is 45.0 Å². The van der Waals surface area contributed by atoms with Crippen LogP contribution in [0.1, 0.15) is 11.9 Å². The van der Waals surface area contributed by atoms with Crippen LogP contribution < -0.4 is 5.32 Å². The molecule has 0 saturated carbocycles. The van der Waals surface area contributed by atoms with Crippen LogP contribution >= 0.6 is 23.1 Å². The molecule has 112 valence electrons. The average molecular weight is 330 g/mol. The van der Waals surface area contributed by atoms with Crippen LogP contribution in [-0.4, -0.2) is 26.3 Å². The maximum Gasteiger partial charge on any atom is 0.239 e. The van der Waals surface area contributed by atoms with E-state index < -0.39 is 0 Å². The van der Waals surface area contributed by atoms with Gasteiger partial charge in [-0.25, -0.2) is 4.98 Å². The highest BCUT2D eigenvalue weighted by atomic mass is 32.2. The molecule has 0 saturated heterocycles. The lowest BCUT2D eigenvalue weighted by molar-refractivity contribution is -0.115. The first kappa shape index (κ1) is 14.9. The number of anilines is 1. The minimum atomic E-state index is -0.266. The van der Waals surface area contributed by atoms with E-state index in [4.69, 9.17) is 0 Å². The van der Waals surface area contributed by atoms with Gasteiger partial charge in [-0.05, 0) is 26.0 Å². The second kappa shape index (κ2) is 6.41. The molecule has 0 radical (unpaired) electrons. The van der Waals surface area contributed by atoms with Crippen molar-refractivity contribution in [3.8, 4) is 0 Å². The number of hydrogen-bond donors (Lipinski definition) is 1. The molecule has 2 heterocycles. The first-order valence-electron chi connectivity index (χ1n) is 6.75. The Morgan fingerprint density at radius 1 is 1.23 bits per heavy atom. The molecule has 1 N–H and O–H groups in total. The number of carbonyl (C=O) groups excluding carboxylic acids is 1. The van der Waals surface area contributed by atoms with Crippen LogP contribution in [0.5, 0.6) is 0 Å². The minimum absolute atomic E-state index is 0.101.